The van der Waals surface area contributed by atoms with Crippen molar-refractivity contribution in [2.75, 3.05) is 30.9 Å². The Balaban J connectivity index is 2.75. The molecule has 1 aliphatic rings. The summed E-state index contributed by atoms with van der Waals surface area (Å²) in [6.45, 7) is 1.50. The molecule has 0 bridgehead atoms. The van der Waals surface area contributed by atoms with Gasteiger partial charge in [-0.3, -0.25) is 4.79 Å². The quantitative estimate of drug-likeness (QED) is 0.709. The number of nitrogens with zero attached hydrogens (tertiary/aromatic N) is 1. The Kier molecular flexibility index (Phi) is 4.09. The molecule has 0 saturated carbocycles. The van der Waals surface area contributed by atoms with Gasteiger partial charge in [0.2, 0.25) is 10.0 Å². The van der Waals surface area contributed by atoms with Gasteiger partial charge in [0.15, 0.2) is 0 Å². The number of hydrogen-bond acceptors (Lipinski definition) is 5. The van der Waals surface area contributed by atoms with Crippen LogP contribution in [0.5, 0.6) is 0 Å². The van der Waals surface area contributed by atoms with E-state index < -0.39 is 42.8 Å². The van der Waals surface area contributed by atoms with Crippen molar-refractivity contribution < 1.29 is 26.7 Å². The third kappa shape index (κ3) is 3.66. The molecule has 0 aromatic carbocycles. The maximum atomic E-state index is 11.9. The minimum atomic E-state index is -3.71. The van der Waals surface area contributed by atoms with Gasteiger partial charge in [0, 0.05) is 19.3 Å². The van der Waals surface area contributed by atoms with Crippen LogP contribution >= 0.6 is 0 Å². The maximum Gasteiger partial charge on any atom is 0.310 e. The van der Waals surface area contributed by atoms with E-state index in [1.807, 2.05) is 0 Å². The molecular formula is C9H17NO6S2. The van der Waals surface area contributed by atoms with Gasteiger partial charge in [0.05, 0.1) is 16.9 Å². The highest BCUT2D eigenvalue weighted by Gasteiger charge is 2.44. The first-order valence-corrected chi connectivity index (χ1v) is 9.02. The van der Waals surface area contributed by atoms with E-state index >= 15 is 0 Å². The average Bonchev–Trinajstić information content (AvgIpc) is 2.59. The number of sulfone groups is 1. The fourth-order valence-corrected chi connectivity index (χ4v) is 4.88. The molecule has 1 unspecified atom stereocenters. The van der Waals surface area contributed by atoms with Crippen molar-refractivity contribution in [3.63, 3.8) is 0 Å². The molecule has 0 aromatic rings. The molecule has 106 valence electrons. The first-order chi connectivity index (χ1) is 7.96. The van der Waals surface area contributed by atoms with Gasteiger partial charge in [-0.05, 0) is 13.3 Å². The summed E-state index contributed by atoms with van der Waals surface area (Å²) in [5.41, 5.74) is -1.09. The Bertz CT molecular complexity index is 537. The van der Waals surface area contributed by atoms with E-state index in [2.05, 4.69) is 0 Å². The Morgan fingerprint density at radius 1 is 1.28 bits per heavy atom. The Morgan fingerprint density at radius 2 is 1.83 bits per heavy atom. The molecule has 9 heteroatoms. The van der Waals surface area contributed by atoms with Gasteiger partial charge >= 0.3 is 5.97 Å². The van der Waals surface area contributed by atoms with Crippen LogP contribution in [0.1, 0.15) is 13.3 Å². The van der Waals surface area contributed by atoms with Gasteiger partial charge in [-0.15, -0.1) is 0 Å². The summed E-state index contributed by atoms with van der Waals surface area (Å²) in [5.74, 6) is -1.99. The lowest BCUT2D eigenvalue weighted by Gasteiger charge is -2.19. The minimum Gasteiger partial charge on any atom is -0.481 e. The van der Waals surface area contributed by atoms with Crippen molar-refractivity contribution in [1.82, 2.24) is 4.31 Å². The van der Waals surface area contributed by atoms with Crippen LogP contribution in [0.15, 0.2) is 0 Å². The summed E-state index contributed by atoms with van der Waals surface area (Å²) in [4.78, 5) is 11.0. The predicted octanol–water partition coefficient (Wildman–Crippen LogP) is -0.843. The van der Waals surface area contributed by atoms with Gasteiger partial charge in [0.1, 0.15) is 9.84 Å². The second-order valence-electron chi connectivity index (χ2n) is 4.90. The minimum absolute atomic E-state index is 0.103. The third-order valence-corrected chi connectivity index (χ3v) is 6.08. The molecule has 0 aliphatic carbocycles. The smallest absolute Gasteiger partial charge is 0.310 e. The summed E-state index contributed by atoms with van der Waals surface area (Å²) in [6.07, 6.45) is 1.20. The van der Waals surface area contributed by atoms with Crippen LogP contribution in [0.4, 0.5) is 0 Å². The first kappa shape index (κ1) is 15.4. The number of carbonyl (C=O) groups is 1. The second kappa shape index (κ2) is 4.78. The third-order valence-electron chi connectivity index (χ3n) is 3.06. The van der Waals surface area contributed by atoms with Crippen molar-refractivity contribution in [3.8, 4) is 0 Å². The molecule has 18 heavy (non-hydrogen) atoms. The Labute approximate surface area is 107 Å². The van der Waals surface area contributed by atoms with Crippen LogP contribution in [0.2, 0.25) is 0 Å². The molecule has 0 spiro atoms. The van der Waals surface area contributed by atoms with Gasteiger partial charge in [-0.2, -0.15) is 0 Å². The van der Waals surface area contributed by atoms with Crippen molar-refractivity contribution >= 4 is 25.8 Å². The largest absolute Gasteiger partial charge is 0.481 e. The zero-order valence-electron chi connectivity index (χ0n) is 10.3. The van der Waals surface area contributed by atoms with E-state index in [1.54, 1.807) is 0 Å². The highest BCUT2D eigenvalue weighted by Crippen LogP contribution is 2.31. The van der Waals surface area contributed by atoms with E-state index in [0.717, 1.165) is 10.6 Å². The lowest BCUT2D eigenvalue weighted by Crippen LogP contribution is -2.37. The normalized spacial score (nSPS) is 26.3. The Morgan fingerprint density at radius 3 is 2.22 bits per heavy atom. The van der Waals surface area contributed by atoms with E-state index in [9.17, 15) is 21.6 Å². The van der Waals surface area contributed by atoms with Gasteiger partial charge in [0.25, 0.3) is 0 Å². The van der Waals surface area contributed by atoms with Crippen LogP contribution < -0.4 is 0 Å². The number of sulfonamides is 1. The monoisotopic (exact) mass is 299 g/mol. The summed E-state index contributed by atoms with van der Waals surface area (Å²) in [7, 11) is -7.06. The molecule has 1 N–H and O–H groups in total. The average molecular weight is 299 g/mol. The number of carboxylic acid groups (broad SMARTS) is 1. The fourth-order valence-electron chi connectivity index (χ4n) is 1.72. The predicted molar refractivity (Wildman–Crippen MR) is 65.4 cm³/mol. The highest BCUT2D eigenvalue weighted by atomic mass is 32.2. The molecule has 1 fully saturated rings. The van der Waals surface area contributed by atoms with Crippen LogP contribution in [0.25, 0.3) is 0 Å². The zero-order chi connectivity index (χ0) is 14.2. The van der Waals surface area contributed by atoms with Crippen molar-refractivity contribution in [1.29, 1.82) is 0 Å². The standard InChI is InChI=1S/C9H17NO6S2/c1-9(8(11)12)3-4-10(7-9)18(15,16)6-5-17(2,13)14/h3-7H2,1-2H3,(H,11,12). The molecule has 7 nitrogen and oxygen atoms in total. The molecule has 0 radical (unpaired) electrons. The van der Waals surface area contributed by atoms with Gasteiger partial charge in [-0.1, -0.05) is 0 Å². The first-order valence-electron chi connectivity index (χ1n) is 5.35. The lowest BCUT2D eigenvalue weighted by molar-refractivity contribution is -0.146. The van der Waals surface area contributed by atoms with E-state index in [1.165, 1.54) is 6.92 Å². The zero-order valence-corrected chi connectivity index (χ0v) is 11.9. The van der Waals surface area contributed by atoms with Crippen molar-refractivity contribution in [3.05, 3.63) is 0 Å². The van der Waals surface area contributed by atoms with E-state index in [4.69, 9.17) is 5.11 Å². The lowest BCUT2D eigenvalue weighted by atomic mass is 9.90. The summed E-state index contributed by atoms with van der Waals surface area (Å²) in [5, 5.41) is 9.00. The van der Waals surface area contributed by atoms with E-state index in [0.29, 0.717) is 0 Å². The highest BCUT2D eigenvalue weighted by molar-refractivity contribution is 7.93. The summed E-state index contributed by atoms with van der Waals surface area (Å²) < 4.78 is 46.7. The summed E-state index contributed by atoms with van der Waals surface area (Å²) in [6, 6.07) is 0. The molecule has 1 rings (SSSR count). The SMILES string of the molecule is CC1(C(=O)O)CCN(S(=O)(=O)CCS(C)(=O)=O)C1. The topological polar surface area (TPSA) is 109 Å². The van der Waals surface area contributed by atoms with Gasteiger partial charge < -0.3 is 5.11 Å². The number of aliphatic carboxylic acids is 1. The molecule has 1 aliphatic heterocycles. The molecular weight excluding hydrogens is 282 g/mol. The molecule has 0 amide bonds. The van der Waals surface area contributed by atoms with Crippen molar-refractivity contribution in [2.24, 2.45) is 5.41 Å². The second-order valence-corrected chi connectivity index (χ2v) is 9.24. The molecule has 1 heterocycles. The van der Waals surface area contributed by atoms with Crippen molar-refractivity contribution in [2.45, 2.75) is 13.3 Å². The molecule has 1 saturated heterocycles. The van der Waals surface area contributed by atoms with Crippen LogP contribution in [0.3, 0.4) is 0 Å². The van der Waals surface area contributed by atoms with E-state index in [-0.39, 0.29) is 19.5 Å². The number of carboxylic acids is 1. The van der Waals surface area contributed by atoms with Crippen LogP contribution in [-0.2, 0) is 24.7 Å². The van der Waals surface area contributed by atoms with Crippen LogP contribution in [0, 0.1) is 5.41 Å². The molecule has 1 atom stereocenters. The number of rotatable bonds is 5. The van der Waals surface area contributed by atoms with Crippen LogP contribution in [-0.4, -0.2) is 63.1 Å². The Hall–Kier alpha value is -0.670. The molecule has 0 aromatic heterocycles. The number of hydrogen-bond donors (Lipinski definition) is 1. The summed E-state index contributed by atoms with van der Waals surface area (Å²) >= 11 is 0. The fraction of sp³-hybridized carbons (Fsp3) is 0.889. The maximum absolute atomic E-state index is 11.9. The van der Waals surface area contributed by atoms with Gasteiger partial charge in [-0.25, -0.2) is 21.1 Å².